The molecule has 1 aliphatic heterocycles. The molecular weight excluding hydrogens is 454 g/mol. The first-order valence-electron chi connectivity index (χ1n) is 11.2. The number of thiophene rings is 1. The molecular formula is C24H25N5O4S. The molecule has 0 spiro atoms. The summed E-state index contributed by atoms with van der Waals surface area (Å²) in [4.78, 5) is 44.9. The predicted molar refractivity (Wildman–Crippen MR) is 129 cm³/mol. The second-order valence-corrected chi connectivity index (χ2v) is 8.81. The maximum absolute atomic E-state index is 13.6. The number of aromatic nitrogens is 2. The average molecular weight is 480 g/mol. The van der Waals surface area contributed by atoms with E-state index in [1.807, 2.05) is 12.1 Å². The predicted octanol–water partition coefficient (Wildman–Crippen LogP) is 2.66. The SMILES string of the molecule is CCOC(=O)CNC(=O)c1csc2c(=O)n(Cc3ccccc3C#N)c(N3CCCCC3)nc12. The Morgan fingerprint density at radius 1 is 1.24 bits per heavy atom. The van der Waals surface area contributed by atoms with Crippen LogP contribution in [0.25, 0.3) is 10.2 Å². The lowest BCUT2D eigenvalue weighted by molar-refractivity contribution is -0.141. The topological polar surface area (TPSA) is 117 Å². The Morgan fingerprint density at radius 3 is 2.74 bits per heavy atom. The molecule has 0 saturated carbocycles. The molecule has 3 aromatic rings. The second-order valence-electron chi connectivity index (χ2n) is 7.93. The molecule has 1 aliphatic rings. The van der Waals surface area contributed by atoms with Crippen LogP contribution in [0.5, 0.6) is 0 Å². The number of nitrogens with one attached hydrogen (secondary N) is 1. The van der Waals surface area contributed by atoms with Crippen LogP contribution in [0.2, 0.25) is 0 Å². The van der Waals surface area contributed by atoms with Crippen molar-refractivity contribution >= 4 is 39.4 Å². The van der Waals surface area contributed by atoms with Crippen molar-refractivity contribution in [3.05, 3.63) is 56.7 Å². The molecule has 3 heterocycles. The van der Waals surface area contributed by atoms with Gasteiger partial charge >= 0.3 is 5.97 Å². The molecule has 1 fully saturated rings. The number of nitrogens with zero attached hydrogens (tertiary/aromatic N) is 4. The number of benzene rings is 1. The fourth-order valence-electron chi connectivity index (χ4n) is 4.02. The fraction of sp³-hybridized carbons (Fsp3) is 0.375. The lowest BCUT2D eigenvalue weighted by Gasteiger charge is -2.29. The highest BCUT2D eigenvalue weighted by atomic mass is 32.1. The normalized spacial score (nSPS) is 13.5. The quantitative estimate of drug-likeness (QED) is 0.518. The molecule has 1 N–H and O–H groups in total. The van der Waals surface area contributed by atoms with Crippen LogP contribution in [0.4, 0.5) is 5.95 Å². The summed E-state index contributed by atoms with van der Waals surface area (Å²) in [6.45, 7) is 3.38. The smallest absolute Gasteiger partial charge is 0.325 e. The molecule has 10 heteroatoms. The zero-order chi connectivity index (χ0) is 24.1. The summed E-state index contributed by atoms with van der Waals surface area (Å²) in [5, 5.41) is 13.6. The molecule has 1 saturated heterocycles. The van der Waals surface area contributed by atoms with Gasteiger partial charge in [-0.3, -0.25) is 19.0 Å². The van der Waals surface area contributed by atoms with Gasteiger partial charge in [-0.25, -0.2) is 4.98 Å². The Morgan fingerprint density at radius 2 is 2.00 bits per heavy atom. The maximum Gasteiger partial charge on any atom is 0.325 e. The summed E-state index contributed by atoms with van der Waals surface area (Å²) in [7, 11) is 0. The van der Waals surface area contributed by atoms with Gasteiger partial charge in [0.1, 0.15) is 16.8 Å². The van der Waals surface area contributed by atoms with Gasteiger partial charge in [0.25, 0.3) is 11.5 Å². The lowest BCUT2D eigenvalue weighted by atomic mass is 10.1. The third-order valence-corrected chi connectivity index (χ3v) is 6.66. The molecule has 34 heavy (non-hydrogen) atoms. The number of anilines is 1. The molecule has 9 nitrogen and oxygen atoms in total. The molecule has 0 unspecified atom stereocenters. The van der Waals surface area contributed by atoms with Crippen LogP contribution in [0.1, 0.15) is 47.7 Å². The molecule has 0 atom stereocenters. The van der Waals surface area contributed by atoms with Gasteiger partial charge in [-0.1, -0.05) is 18.2 Å². The summed E-state index contributed by atoms with van der Waals surface area (Å²) >= 11 is 1.15. The Bertz CT molecular complexity index is 1320. The van der Waals surface area contributed by atoms with Crippen LogP contribution in [0.3, 0.4) is 0 Å². The second kappa shape index (κ2) is 10.5. The minimum absolute atomic E-state index is 0.208. The molecule has 0 aliphatic carbocycles. The monoisotopic (exact) mass is 479 g/mol. The van der Waals surface area contributed by atoms with E-state index >= 15 is 0 Å². The van der Waals surface area contributed by atoms with Crippen LogP contribution in [0.15, 0.2) is 34.4 Å². The van der Waals surface area contributed by atoms with Gasteiger partial charge in [0, 0.05) is 18.5 Å². The van der Waals surface area contributed by atoms with Gasteiger partial charge in [-0.05, 0) is 37.8 Å². The first kappa shape index (κ1) is 23.4. The molecule has 1 amide bonds. The molecule has 176 valence electrons. The van der Waals surface area contributed by atoms with Gasteiger partial charge in [0.15, 0.2) is 0 Å². The van der Waals surface area contributed by atoms with E-state index in [0.29, 0.717) is 21.7 Å². The minimum atomic E-state index is -0.532. The van der Waals surface area contributed by atoms with Gasteiger partial charge in [-0.2, -0.15) is 5.26 Å². The van der Waals surface area contributed by atoms with E-state index in [-0.39, 0.29) is 30.8 Å². The van der Waals surface area contributed by atoms with E-state index in [0.717, 1.165) is 49.3 Å². The molecule has 1 aromatic carbocycles. The number of hydrogen-bond donors (Lipinski definition) is 1. The number of nitriles is 1. The van der Waals surface area contributed by atoms with Crippen molar-refractivity contribution in [1.29, 1.82) is 5.26 Å². The summed E-state index contributed by atoms with van der Waals surface area (Å²) < 4.78 is 6.81. The largest absolute Gasteiger partial charge is 0.465 e. The van der Waals surface area contributed by atoms with E-state index < -0.39 is 11.9 Å². The lowest BCUT2D eigenvalue weighted by Crippen LogP contribution is -2.37. The van der Waals surface area contributed by atoms with Crippen molar-refractivity contribution in [1.82, 2.24) is 14.9 Å². The molecule has 0 radical (unpaired) electrons. The number of rotatable bonds is 7. The van der Waals surface area contributed by atoms with E-state index in [1.54, 1.807) is 29.0 Å². The number of carbonyl (C=O) groups is 2. The van der Waals surface area contributed by atoms with Crippen LogP contribution in [0, 0.1) is 11.3 Å². The van der Waals surface area contributed by atoms with Crippen molar-refractivity contribution in [2.45, 2.75) is 32.7 Å². The zero-order valence-electron chi connectivity index (χ0n) is 18.9. The van der Waals surface area contributed by atoms with Crippen molar-refractivity contribution in [2.75, 3.05) is 31.1 Å². The minimum Gasteiger partial charge on any atom is -0.465 e. The van der Waals surface area contributed by atoms with E-state index in [9.17, 15) is 19.6 Å². The highest BCUT2D eigenvalue weighted by Gasteiger charge is 2.24. The van der Waals surface area contributed by atoms with Crippen LogP contribution in [-0.4, -0.2) is 47.7 Å². The number of esters is 1. The Hall–Kier alpha value is -3.71. The third-order valence-electron chi connectivity index (χ3n) is 5.71. The zero-order valence-corrected chi connectivity index (χ0v) is 19.7. The van der Waals surface area contributed by atoms with Crippen molar-refractivity contribution in [3.8, 4) is 6.07 Å². The molecule has 0 bridgehead atoms. The summed E-state index contributed by atoms with van der Waals surface area (Å²) in [6.07, 6.45) is 3.08. The third kappa shape index (κ3) is 4.79. The number of fused-ring (bicyclic) bond motifs is 1. The van der Waals surface area contributed by atoms with Crippen molar-refractivity contribution in [3.63, 3.8) is 0 Å². The van der Waals surface area contributed by atoms with E-state index in [1.165, 1.54) is 0 Å². The number of carbonyl (C=O) groups excluding carboxylic acids is 2. The molecule has 4 rings (SSSR count). The van der Waals surface area contributed by atoms with Gasteiger partial charge in [0.05, 0.1) is 30.3 Å². The first-order valence-corrected chi connectivity index (χ1v) is 12.1. The van der Waals surface area contributed by atoms with E-state index in [2.05, 4.69) is 16.3 Å². The number of hydrogen-bond acceptors (Lipinski definition) is 8. The highest BCUT2D eigenvalue weighted by molar-refractivity contribution is 7.17. The van der Waals surface area contributed by atoms with Gasteiger partial charge in [0.2, 0.25) is 5.95 Å². The maximum atomic E-state index is 13.6. The number of amides is 1. The van der Waals surface area contributed by atoms with Crippen LogP contribution >= 0.6 is 11.3 Å². The number of ether oxygens (including phenoxy) is 1. The Balaban J connectivity index is 1.77. The Kier molecular flexibility index (Phi) is 7.23. The summed E-state index contributed by atoms with van der Waals surface area (Å²) in [6, 6.07) is 9.37. The van der Waals surface area contributed by atoms with Crippen LogP contribution in [-0.2, 0) is 16.1 Å². The summed E-state index contributed by atoms with van der Waals surface area (Å²) in [5.41, 5.74) is 1.55. The van der Waals surface area contributed by atoms with Crippen LogP contribution < -0.4 is 15.8 Å². The summed E-state index contributed by atoms with van der Waals surface area (Å²) in [5.74, 6) is -0.526. The average Bonchev–Trinajstić information content (AvgIpc) is 3.29. The van der Waals surface area contributed by atoms with E-state index in [4.69, 9.17) is 9.72 Å². The van der Waals surface area contributed by atoms with Crippen molar-refractivity contribution in [2.24, 2.45) is 0 Å². The standard InChI is InChI=1S/C24H25N5O4S/c1-2-33-19(30)13-26-22(31)18-15-34-21-20(18)27-24(28-10-6-3-7-11-28)29(23(21)32)14-17-9-5-4-8-16(17)12-25/h4-5,8-9,15H,2-3,6-7,10-11,13-14H2,1H3,(H,26,31). The fourth-order valence-corrected chi connectivity index (χ4v) is 4.96. The Labute approximate surface area is 200 Å². The first-order chi connectivity index (χ1) is 16.5. The highest BCUT2D eigenvalue weighted by Crippen LogP contribution is 2.26. The van der Waals surface area contributed by atoms with Gasteiger partial charge < -0.3 is 15.0 Å². The number of piperidine rings is 1. The van der Waals surface area contributed by atoms with Gasteiger partial charge in [-0.15, -0.1) is 11.3 Å². The molecule has 2 aromatic heterocycles. The van der Waals surface area contributed by atoms with Crippen molar-refractivity contribution < 1.29 is 14.3 Å².